The average Bonchev–Trinajstić information content (AvgIpc) is 2.99. The number of rotatable bonds is 3. The van der Waals surface area contributed by atoms with E-state index in [2.05, 4.69) is 15.1 Å². The lowest BCUT2D eigenvalue weighted by Gasteiger charge is -2.15. The number of H-pyrrole nitrogens is 1. The van der Waals surface area contributed by atoms with Crippen molar-refractivity contribution in [1.29, 1.82) is 0 Å². The summed E-state index contributed by atoms with van der Waals surface area (Å²) in [6.45, 7) is 3.22. The van der Waals surface area contributed by atoms with E-state index in [4.69, 9.17) is 5.84 Å². The number of hydrazine groups is 1. The molecule has 142 valence electrons. The lowest BCUT2D eigenvalue weighted by atomic mass is 10.1. The number of aromatic nitrogens is 4. The Morgan fingerprint density at radius 1 is 1.30 bits per heavy atom. The molecule has 0 spiro atoms. The smallest absolute Gasteiger partial charge is 0.310 e. The highest BCUT2D eigenvalue weighted by molar-refractivity contribution is 6.03. The molecular formula is C16H15F3N6O2. The summed E-state index contributed by atoms with van der Waals surface area (Å²) in [7, 11) is 0. The molecule has 1 atom stereocenters. The van der Waals surface area contributed by atoms with Crippen molar-refractivity contribution in [3.8, 4) is 0 Å². The molecule has 1 amide bonds. The number of nitrogens with one attached hydrogen (secondary N) is 2. The number of aryl methyl sites for hydroxylation is 1. The molecule has 1 aromatic carbocycles. The van der Waals surface area contributed by atoms with E-state index in [1.54, 1.807) is 13.8 Å². The van der Waals surface area contributed by atoms with Gasteiger partial charge in [0.1, 0.15) is 11.2 Å². The van der Waals surface area contributed by atoms with Crippen LogP contribution >= 0.6 is 0 Å². The van der Waals surface area contributed by atoms with Gasteiger partial charge in [-0.3, -0.25) is 15.0 Å². The Morgan fingerprint density at radius 3 is 2.48 bits per heavy atom. The zero-order valence-electron chi connectivity index (χ0n) is 14.3. The van der Waals surface area contributed by atoms with Gasteiger partial charge in [0, 0.05) is 0 Å². The molecule has 3 aromatic rings. The molecule has 0 bridgehead atoms. The highest BCUT2D eigenvalue weighted by Gasteiger charge is 2.30. The predicted molar refractivity (Wildman–Crippen MR) is 89.8 cm³/mol. The van der Waals surface area contributed by atoms with Crippen LogP contribution in [-0.4, -0.2) is 25.7 Å². The van der Waals surface area contributed by atoms with E-state index in [9.17, 15) is 22.8 Å². The van der Waals surface area contributed by atoms with Gasteiger partial charge >= 0.3 is 6.18 Å². The van der Waals surface area contributed by atoms with Gasteiger partial charge in [-0.15, -0.1) is 0 Å². The van der Waals surface area contributed by atoms with Crippen LogP contribution in [0.4, 0.5) is 13.2 Å². The number of benzene rings is 1. The second kappa shape index (κ2) is 6.50. The van der Waals surface area contributed by atoms with Crippen molar-refractivity contribution in [2.75, 3.05) is 0 Å². The number of carbonyl (C=O) groups is 1. The zero-order chi connectivity index (χ0) is 19.9. The molecule has 2 aromatic heterocycles. The van der Waals surface area contributed by atoms with E-state index in [0.29, 0.717) is 11.4 Å². The van der Waals surface area contributed by atoms with Crippen LogP contribution in [0.3, 0.4) is 0 Å². The van der Waals surface area contributed by atoms with Crippen LogP contribution in [0.15, 0.2) is 29.1 Å². The number of halogens is 3. The predicted octanol–water partition coefficient (Wildman–Crippen LogP) is 1.66. The topological polar surface area (TPSA) is 119 Å². The summed E-state index contributed by atoms with van der Waals surface area (Å²) >= 11 is 0. The Balaban J connectivity index is 2.16. The first-order valence-corrected chi connectivity index (χ1v) is 7.80. The number of nitrogens with two attached hydrogens (primary N) is 1. The molecule has 0 aliphatic carbocycles. The molecule has 0 aliphatic heterocycles. The summed E-state index contributed by atoms with van der Waals surface area (Å²) in [4.78, 5) is 31.0. The average molecular weight is 380 g/mol. The minimum absolute atomic E-state index is 0.0534. The quantitative estimate of drug-likeness (QED) is 0.363. The van der Waals surface area contributed by atoms with Crippen molar-refractivity contribution in [2.45, 2.75) is 26.1 Å². The van der Waals surface area contributed by atoms with Crippen molar-refractivity contribution >= 4 is 16.9 Å². The van der Waals surface area contributed by atoms with Gasteiger partial charge in [0.15, 0.2) is 11.3 Å². The number of nitrogen functional groups attached to an aromatic ring is 1. The SMILES string of the molecule is Cc1nc2c(c(C(=O)NN)nn2C(C)c2ccc(C(F)(F)F)cc2)c(=O)[nH]1. The maximum absolute atomic E-state index is 12.7. The Bertz CT molecular complexity index is 1070. The van der Waals surface area contributed by atoms with Crippen LogP contribution < -0.4 is 16.8 Å². The first-order valence-electron chi connectivity index (χ1n) is 7.80. The third kappa shape index (κ3) is 3.28. The van der Waals surface area contributed by atoms with E-state index < -0.39 is 29.2 Å². The van der Waals surface area contributed by atoms with Crippen LogP contribution in [0.5, 0.6) is 0 Å². The standard InChI is InChI=1S/C16H15F3N6O2/c1-7(9-3-5-10(6-4-9)16(17,18)19)25-13-11(12(24-25)15(27)23-20)14(26)22-8(2)21-13/h3-7H,20H2,1-2H3,(H,23,27)(H,21,22,26). The Kier molecular flexibility index (Phi) is 4.47. The fourth-order valence-electron chi connectivity index (χ4n) is 2.74. The van der Waals surface area contributed by atoms with Gasteiger partial charge in [-0.05, 0) is 31.5 Å². The van der Waals surface area contributed by atoms with E-state index >= 15 is 0 Å². The van der Waals surface area contributed by atoms with Gasteiger partial charge in [0.25, 0.3) is 11.5 Å². The first-order chi connectivity index (χ1) is 12.6. The minimum atomic E-state index is -4.45. The van der Waals surface area contributed by atoms with Gasteiger partial charge in [-0.25, -0.2) is 15.5 Å². The molecular weight excluding hydrogens is 365 g/mol. The van der Waals surface area contributed by atoms with Crippen LogP contribution in [-0.2, 0) is 6.18 Å². The number of nitrogens with zero attached hydrogens (tertiary/aromatic N) is 3. The Morgan fingerprint density at radius 2 is 1.93 bits per heavy atom. The monoisotopic (exact) mass is 380 g/mol. The van der Waals surface area contributed by atoms with Crippen LogP contribution in [0.1, 0.15) is 40.4 Å². The zero-order valence-corrected chi connectivity index (χ0v) is 14.3. The molecule has 8 nitrogen and oxygen atoms in total. The molecule has 3 rings (SSSR count). The number of amides is 1. The second-order valence-corrected chi connectivity index (χ2v) is 5.91. The molecule has 27 heavy (non-hydrogen) atoms. The maximum atomic E-state index is 12.7. The summed E-state index contributed by atoms with van der Waals surface area (Å²) in [5.74, 6) is 4.66. The molecule has 0 fully saturated rings. The third-order valence-corrected chi connectivity index (χ3v) is 4.11. The molecule has 2 heterocycles. The van der Waals surface area contributed by atoms with E-state index in [0.717, 1.165) is 12.1 Å². The van der Waals surface area contributed by atoms with Gasteiger partial charge in [0.05, 0.1) is 11.6 Å². The molecule has 0 aliphatic rings. The number of carbonyl (C=O) groups excluding carboxylic acids is 1. The highest BCUT2D eigenvalue weighted by atomic mass is 19.4. The van der Waals surface area contributed by atoms with E-state index in [1.807, 2.05) is 5.43 Å². The summed E-state index contributed by atoms with van der Waals surface area (Å²) < 4.78 is 39.6. The summed E-state index contributed by atoms with van der Waals surface area (Å²) in [6, 6.07) is 3.93. The lowest BCUT2D eigenvalue weighted by molar-refractivity contribution is -0.137. The van der Waals surface area contributed by atoms with Crippen LogP contribution in [0, 0.1) is 6.92 Å². The third-order valence-electron chi connectivity index (χ3n) is 4.11. The molecule has 0 saturated carbocycles. The fraction of sp³-hybridized carbons (Fsp3) is 0.250. The van der Waals surface area contributed by atoms with Crippen molar-refractivity contribution in [3.05, 3.63) is 57.3 Å². The molecule has 11 heteroatoms. The number of hydrogen-bond acceptors (Lipinski definition) is 5. The summed E-state index contributed by atoms with van der Waals surface area (Å²) in [5.41, 5.74) is 0.961. The minimum Gasteiger partial charge on any atom is -0.310 e. The van der Waals surface area contributed by atoms with Crippen LogP contribution in [0.25, 0.3) is 11.0 Å². The Labute approximate surface area is 150 Å². The first kappa shape index (κ1) is 18.6. The number of aromatic amines is 1. The van der Waals surface area contributed by atoms with Gasteiger partial charge in [-0.1, -0.05) is 12.1 Å². The van der Waals surface area contributed by atoms with Gasteiger partial charge in [0.2, 0.25) is 0 Å². The van der Waals surface area contributed by atoms with E-state index in [1.165, 1.54) is 16.8 Å². The maximum Gasteiger partial charge on any atom is 0.416 e. The summed E-state index contributed by atoms with van der Waals surface area (Å²) in [5, 5.41) is 4.08. The molecule has 4 N–H and O–H groups in total. The fourth-order valence-corrected chi connectivity index (χ4v) is 2.74. The highest BCUT2D eigenvalue weighted by Crippen LogP contribution is 2.31. The number of fused-ring (bicyclic) bond motifs is 1. The Hall–Kier alpha value is -3.21. The van der Waals surface area contributed by atoms with Crippen molar-refractivity contribution < 1.29 is 18.0 Å². The van der Waals surface area contributed by atoms with Gasteiger partial charge in [-0.2, -0.15) is 18.3 Å². The van der Waals surface area contributed by atoms with Gasteiger partial charge < -0.3 is 4.98 Å². The van der Waals surface area contributed by atoms with Crippen LogP contribution in [0.2, 0.25) is 0 Å². The van der Waals surface area contributed by atoms with Crippen molar-refractivity contribution in [2.24, 2.45) is 5.84 Å². The molecule has 0 radical (unpaired) electrons. The molecule has 1 unspecified atom stereocenters. The largest absolute Gasteiger partial charge is 0.416 e. The van der Waals surface area contributed by atoms with E-state index in [-0.39, 0.29) is 16.7 Å². The number of alkyl halides is 3. The second-order valence-electron chi connectivity index (χ2n) is 5.91. The van der Waals surface area contributed by atoms with Crippen molar-refractivity contribution in [3.63, 3.8) is 0 Å². The summed E-state index contributed by atoms with van der Waals surface area (Å²) in [6.07, 6.45) is -4.45. The number of hydrogen-bond donors (Lipinski definition) is 3. The molecule has 0 saturated heterocycles. The lowest BCUT2D eigenvalue weighted by Crippen LogP contribution is -2.31. The van der Waals surface area contributed by atoms with Crippen molar-refractivity contribution in [1.82, 2.24) is 25.2 Å². The normalized spacial score (nSPS) is 13.0.